The van der Waals surface area contributed by atoms with Crippen LogP contribution in [0.1, 0.15) is 25.0 Å². The van der Waals surface area contributed by atoms with Crippen molar-refractivity contribution >= 4 is 21.5 Å². The highest BCUT2D eigenvalue weighted by Gasteiger charge is 2.37. The number of hydrogen-bond donors (Lipinski definition) is 0. The lowest BCUT2D eigenvalue weighted by atomic mass is 9.80. The van der Waals surface area contributed by atoms with E-state index in [-0.39, 0.29) is 5.41 Å². The van der Waals surface area contributed by atoms with Gasteiger partial charge in [0.2, 0.25) is 0 Å². The Labute approximate surface area is 240 Å². The number of rotatable bonds is 3. The highest BCUT2D eigenvalue weighted by atomic mass is 14.9. The lowest BCUT2D eigenvalue weighted by Gasteiger charge is -2.24. The second-order valence-electron chi connectivity index (χ2n) is 11.5. The van der Waals surface area contributed by atoms with E-state index in [0.717, 1.165) is 33.9 Å². The van der Waals surface area contributed by atoms with Crippen LogP contribution in [0.25, 0.3) is 66.6 Å². The molecule has 1 aliphatic carbocycles. The van der Waals surface area contributed by atoms with E-state index in [1.165, 1.54) is 43.8 Å². The Morgan fingerprint density at radius 3 is 1.59 bits per heavy atom. The summed E-state index contributed by atoms with van der Waals surface area (Å²) in [4.78, 5) is 10.5. The molecule has 0 fully saturated rings. The zero-order chi connectivity index (χ0) is 27.6. The fourth-order valence-corrected chi connectivity index (χ4v) is 6.59. The Balaban J connectivity index is 1.38. The number of fused-ring (bicyclic) bond motifs is 5. The van der Waals surface area contributed by atoms with E-state index in [2.05, 4.69) is 147 Å². The van der Waals surface area contributed by atoms with Gasteiger partial charge in [0.1, 0.15) is 0 Å². The lowest BCUT2D eigenvalue weighted by molar-refractivity contribution is 0.661. The van der Waals surface area contributed by atoms with Gasteiger partial charge in [0, 0.05) is 22.1 Å². The Morgan fingerprint density at radius 2 is 0.951 bits per heavy atom. The van der Waals surface area contributed by atoms with E-state index in [4.69, 9.17) is 9.97 Å². The second-order valence-corrected chi connectivity index (χ2v) is 11.5. The molecule has 0 saturated carbocycles. The van der Waals surface area contributed by atoms with Gasteiger partial charge in [-0.1, -0.05) is 129 Å². The number of aromatic nitrogens is 2. The predicted molar refractivity (Wildman–Crippen MR) is 171 cm³/mol. The summed E-state index contributed by atoms with van der Waals surface area (Å²) in [6.07, 6.45) is 0. The molecule has 1 aliphatic rings. The van der Waals surface area contributed by atoms with Crippen molar-refractivity contribution in [3.63, 3.8) is 0 Å². The summed E-state index contributed by atoms with van der Waals surface area (Å²) < 4.78 is 0. The van der Waals surface area contributed by atoms with Crippen LogP contribution in [-0.2, 0) is 5.41 Å². The van der Waals surface area contributed by atoms with Crippen LogP contribution in [0, 0.1) is 0 Å². The molecule has 0 atom stereocenters. The maximum Gasteiger partial charge on any atom is 0.160 e. The molecule has 194 valence electrons. The van der Waals surface area contributed by atoms with E-state index in [1.54, 1.807) is 0 Å². The van der Waals surface area contributed by atoms with Crippen molar-refractivity contribution in [1.82, 2.24) is 9.97 Å². The van der Waals surface area contributed by atoms with Gasteiger partial charge in [0.05, 0.1) is 11.4 Å². The van der Waals surface area contributed by atoms with Gasteiger partial charge in [-0.05, 0) is 62.0 Å². The standard InChI is InChI=1S/C39H28N2/c1-39(2)34-17-8-7-14-31(34)32-15-9-16-33(37(32)39)38-40-35(29-20-18-25-10-3-5-12-27(25)22-29)24-36(41-38)30-21-19-26-11-4-6-13-28(26)23-30/h3-24H,1-2H3. The number of nitrogens with zero attached hydrogens (tertiary/aromatic N) is 2. The molecule has 0 radical (unpaired) electrons. The normalized spacial score (nSPS) is 13.3. The molecule has 2 heteroatoms. The van der Waals surface area contributed by atoms with Gasteiger partial charge >= 0.3 is 0 Å². The minimum atomic E-state index is -0.159. The molecule has 0 aliphatic heterocycles. The summed E-state index contributed by atoms with van der Waals surface area (Å²) in [7, 11) is 0. The van der Waals surface area contributed by atoms with Gasteiger partial charge in [-0.2, -0.15) is 0 Å². The van der Waals surface area contributed by atoms with Crippen molar-refractivity contribution in [2.24, 2.45) is 0 Å². The first-order valence-electron chi connectivity index (χ1n) is 14.2. The average Bonchev–Trinajstić information content (AvgIpc) is 3.27. The molecule has 0 spiro atoms. The molecule has 2 nitrogen and oxygen atoms in total. The van der Waals surface area contributed by atoms with E-state index in [1.807, 2.05) is 0 Å². The van der Waals surface area contributed by atoms with Crippen LogP contribution in [0.2, 0.25) is 0 Å². The zero-order valence-electron chi connectivity index (χ0n) is 23.1. The van der Waals surface area contributed by atoms with E-state index in [0.29, 0.717) is 0 Å². The third-order valence-electron chi connectivity index (χ3n) is 8.64. The Morgan fingerprint density at radius 1 is 0.439 bits per heavy atom. The summed E-state index contributed by atoms with van der Waals surface area (Å²) in [5.41, 5.74) is 10.2. The molecule has 0 bridgehead atoms. The second kappa shape index (κ2) is 8.97. The molecule has 0 amide bonds. The van der Waals surface area contributed by atoms with Crippen LogP contribution in [0.3, 0.4) is 0 Å². The summed E-state index contributed by atoms with van der Waals surface area (Å²) in [5.74, 6) is 0.761. The van der Waals surface area contributed by atoms with Crippen LogP contribution in [0.5, 0.6) is 0 Å². The molecular weight excluding hydrogens is 496 g/mol. The topological polar surface area (TPSA) is 25.8 Å². The Hall–Kier alpha value is -5.08. The van der Waals surface area contributed by atoms with Gasteiger partial charge in [-0.15, -0.1) is 0 Å². The lowest BCUT2D eigenvalue weighted by Crippen LogP contribution is -2.16. The number of hydrogen-bond acceptors (Lipinski definition) is 2. The first kappa shape index (κ1) is 23.8. The largest absolute Gasteiger partial charge is 0.228 e. The molecule has 1 aromatic heterocycles. The molecule has 8 rings (SSSR count). The van der Waals surface area contributed by atoms with Crippen molar-refractivity contribution in [3.8, 4) is 45.0 Å². The van der Waals surface area contributed by atoms with Crippen molar-refractivity contribution in [2.75, 3.05) is 0 Å². The third-order valence-corrected chi connectivity index (χ3v) is 8.64. The molecule has 7 aromatic rings. The van der Waals surface area contributed by atoms with Crippen LogP contribution in [-0.4, -0.2) is 9.97 Å². The molecular formula is C39H28N2. The van der Waals surface area contributed by atoms with Gasteiger partial charge < -0.3 is 0 Å². The van der Waals surface area contributed by atoms with Gasteiger partial charge in [-0.25, -0.2) is 9.97 Å². The van der Waals surface area contributed by atoms with Crippen LogP contribution in [0.15, 0.2) is 133 Å². The Bertz CT molecular complexity index is 2040. The molecule has 1 heterocycles. The first-order valence-corrected chi connectivity index (χ1v) is 14.2. The summed E-state index contributed by atoms with van der Waals surface area (Å²) in [5, 5.41) is 4.85. The molecule has 0 N–H and O–H groups in total. The predicted octanol–water partition coefficient (Wildman–Crippen LogP) is 10.1. The van der Waals surface area contributed by atoms with Crippen LogP contribution < -0.4 is 0 Å². The summed E-state index contributed by atoms with van der Waals surface area (Å²) in [6, 6.07) is 47.6. The zero-order valence-corrected chi connectivity index (χ0v) is 23.1. The van der Waals surface area contributed by atoms with Gasteiger partial charge in [0.25, 0.3) is 0 Å². The Kier molecular flexibility index (Phi) is 5.20. The van der Waals surface area contributed by atoms with E-state index >= 15 is 0 Å². The molecule has 41 heavy (non-hydrogen) atoms. The summed E-state index contributed by atoms with van der Waals surface area (Å²) >= 11 is 0. The van der Waals surface area contributed by atoms with Crippen molar-refractivity contribution in [3.05, 3.63) is 145 Å². The average molecular weight is 525 g/mol. The maximum absolute atomic E-state index is 5.26. The van der Waals surface area contributed by atoms with Crippen molar-refractivity contribution in [2.45, 2.75) is 19.3 Å². The monoisotopic (exact) mass is 524 g/mol. The van der Waals surface area contributed by atoms with Crippen LogP contribution >= 0.6 is 0 Å². The molecule has 6 aromatic carbocycles. The van der Waals surface area contributed by atoms with Gasteiger partial charge in [-0.3, -0.25) is 0 Å². The quantitative estimate of drug-likeness (QED) is 0.230. The van der Waals surface area contributed by atoms with E-state index < -0.39 is 0 Å². The van der Waals surface area contributed by atoms with E-state index in [9.17, 15) is 0 Å². The fourth-order valence-electron chi connectivity index (χ4n) is 6.59. The van der Waals surface area contributed by atoms with Crippen molar-refractivity contribution in [1.29, 1.82) is 0 Å². The number of benzene rings is 6. The smallest absolute Gasteiger partial charge is 0.160 e. The molecule has 0 saturated heterocycles. The third kappa shape index (κ3) is 3.79. The SMILES string of the molecule is CC1(C)c2ccccc2-c2cccc(-c3nc(-c4ccc5ccccc5c4)cc(-c4ccc5ccccc5c4)n3)c21. The van der Waals surface area contributed by atoms with Crippen molar-refractivity contribution < 1.29 is 0 Å². The highest BCUT2D eigenvalue weighted by molar-refractivity contribution is 5.91. The maximum atomic E-state index is 5.26. The van der Waals surface area contributed by atoms with Gasteiger partial charge in [0.15, 0.2) is 5.82 Å². The van der Waals surface area contributed by atoms with Crippen LogP contribution in [0.4, 0.5) is 0 Å². The summed E-state index contributed by atoms with van der Waals surface area (Å²) in [6.45, 7) is 4.64. The minimum absolute atomic E-state index is 0.159. The highest BCUT2D eigenvalue weighted by Crippen LogP contribution is 2.51. The minimum Gasteiger partial charge on any atom is -0.228 e. The molecule has 0 unspecified atom stereocenters. The fraction of sp³-hybridized carbons (Fsp3) is 0.0769. The first-order chi connectivity index (χ1) is 20.1.